The largest absolute Gasteiger partial charge is 0.358 e. The van der Waals surface area contributed by atoms with Gasteiger partial charge < -0.3 is 10.3 Å². The van der Waals surface area contributed by atoms with Crippen LogP contribution >= 0.6 is 11.3 Å². The van der Waals surface area contributed by atoms with Crippen LogP contribution < -0.4 is 5.32 Å². The molecule has 1 atom stereocenters. The molecule has 1 unspecified atom stereocenters. The summed E-state index contributed by atoms with van der Waals surface area (Å²) in [5, 5.41) is 6.50. The molecule has 4 heteroatoms. The van der Waals surface area contributed by atoms with E-state index in [-0.39, 0.29) is 11.9 Å². The molecule has 22 heavy (non-hydrogen) atoms. The average Bonchev–Trinajstić information content (AvgIpc) is 3.15. The Morgan fingerprint density at radius 3 is 3.09 bits per heavy atom. The maximum atomic E-state index is 12.1. The first kappa shape index (κ1) is 13.6. The lowest BCUT2D eigenvalue weighted by Crippen LogP contribution is -2.36. The van der Waals surface area contributed by atoms with Crippen molar-refractivity contribution < 1.29 is 4.79 Å². The van der Waals surface area contributed by atoms with E-state index in [1.807, 2.05) is 17.5 Å². The Hall–Kier alpha value is -2.07. The van der Waals surface area contributed by atoms with E-state index in [1.54, 1.807) is 11.3 Å². The normalized spacial score (nSPS) is 16.9. The van der Waals surface area contributed by atoms with Gasteiger partial charge in [0.05, 0.1) is 6.42 Å². The van der Waals surface area contributed by atoms with Crippen molar-refractivity contribution in [1.29, 1.82) is 0 Å². The summed E-state index contributed by atoms with van der Waals surface area (Å²) < 4.78 is 0. The van der Waals surface area contributed by atoms with Gasteiger partial charge in [0, 0.05) is 33.9 Å². The van der Waals surface area contributed by atoms with Gasteiger partial charge in [-0.25, -0.2) is 0 Å². The van der Waals surface area contributed by atoms with E-state index in [1.165, 1.54) is 27.7 Å². The number of H-pyrrole nitrogens is 1. The Morgan fingerprint density at radius 2 is 2.27 bits per heavy atom. The summed E-state index contributed by atoms with van der Waals surface area (Å²) in [5.74, 6) is 0.123. The smallest absolute Gasteiger partial charge is 0.225 e. The maximum absolute atomic E-state index is 12.1. The van der Waals surface area contributed by atoms with Crippen LogP contribution in [0.5, 0.6) is 0 Å². The first-order valence-electron chi connectivity index (χ1n) is 7.61. The van der Waals surface area contributed by atoms with Gasteiger partial charge in [0.2, 0.25) is 5.91 Å². The van der Waals surface area contributed by atoms with Gasteiger partial charge in [0.25, 0.3) is 0 Å². The number of fused-ring (bicyclic) bond motifs is 3. The van der Waals surface area contributed by atoms with E-state index in [0.717, 1.165) is 17.7 Å². The molecule has 2 aromatic heterocycles. The maximum Gasteiger partial charge on any atom is 0.225 e. The molecule has 112 valence electrons. The number of amides is 1. The van der Waals surface area contributed by atoms with Crippen molar-refractivity contribution in [2.75, 3.05) is 0 Å². The Bertz CT molecular complexity index is 832. The lowest BCUT2D eigenvalue weighted by Gasteiger charge is -2.12. The summed E-state index contributed by atoms with van der Waals surface area (Å²) in [6.07, 6.45) is 2.32. The third kappa shape index (κ3) is 2.44. The number of hydrogen-bond acceptors (Lipinski definition) is 2. The van der Waals surface area contributed by atoms with Gasteiger partial charge in [0.15, 0.2) is 0 Å². The minimum absolute atomic E-state index is 0.123. The molecule has 0 saturated heterocycles. The van der Waals surface area contributed by atoms with Crippen LogP contribution in [0.1, 0.15) is 21.7 Å². The minimum atomic E-state index is 0.123. The number of thiophene rings is 1. The van der Waals surface area contributed by atoms with Gasteiger partial charge >= 0.3 is 0 Å². The number of hydrogen-bond donors (Lipinski definition) is 2. The number of aryl methyl sites for hydroxylation is 1. The third-order valence-electron chi connectivity index (χ3n) is 4.33. The van der Waals surface area contributed by atoms with Crippen LogP contribution in [0.4, 0.5) is 0 Å². The van der Waals surface area contributed by atoms with Crippen LogP contribution in [-0.4, -0.2) is 16.9 Å². The fourth-order valence-corrected chi connectivity index (χ4v) is 4.05. The number of nitrogens with one attached hydrogen (secondary N) is 2. The Kier molecular flexibility index (Phi) is 3.26. The summed E-state index contributed by atoms with van der Waals surface area (Å²) >= 11 is 1.63. The van der Waals surface area contributed by atoms with Crippen molar-refractivity contribution in [3.63, 3.8) is 0 Å². The van der Waals surface area contributed by atoms with E-state index >= 15 is 0 Å². The molecule has 1 aliphatic rings. The minimum Gasteiger partial charge on any atom is -0.358 e. The van der Waals surface area contributed by atoms with Gasteiger partial charge in [-0.1, -0.05) is 17.7 Å². The molecule has 0 fully saturated rings. The van der Waals surface area contributed by atoms with E-state index in [2.05, 4.69) is 35.4 Å². The first-order chi connectivity index (χ1) is 10.7. The fourth-order valence-electron chi connectivity index (χ4n) is 3.34. The van der Waals surface area contributed by atoms with Crippen LogP contribution in [0.2, 0.25) is 0 Å². The monoisotopic (exact) mass is 310 g/mol. The predicted octanol–water partition coefficient (Wildman–Crippen LogP) is 3.36. The number of carbonyl (C=O) groups excluding carboxylic acids is 1. The highest BCUT2D eigenvalue weighted by atomic mass is 32.1. The molecule has 0 spiro atoms. The summed E-state index contributed by atoms with van der Waals surface area (Å²) in [7, 11) is 0. The number of aromatic amines is 1. The fraction of sp³-hybridized carbons (Fsp3) is 0.278. The van der Waals surface area contributed by atoms with Crippen molar-refractivity contribution in [3.05, 3.63) is 57.4 Å². The lowest BCUT2D eigenvalue weighted by molar-refractivity contribution is -0.121. The molecule has 1 aromatic carbocycles. The molecule has 3 nitrogen and oxygen atoms in total. The van der Waals surface area contributed by atoms with Crippen LogP contribution in [0.25, 0.3) is 10.9 Å². The molecule has 0 aliphatic heterocycles. The van der Waals surface area contributed by atoms with E-state index in [9.17, 15) is 4.79 Å². The molecule has 0 radical (unpaired) electrons. The van der Waals surface area contributed by atoms with Gasteiger partial charge in [0.1, 0.15) is 0 Å². The second-order valence-corrected chi connectivity index (χ2v) is 7.09. The van der Waals surface area contributed by atoms with Gasteiger partial charge in [-0.05, 0) is 42.5 Å². The van der Waals surface area contributed by atoms with Gasteiger partial charge in [-0.15, -0.1) is 11.3 Å². The summed E-state index contributed by atoms with van der Waals surface area (Å²) in [6, 6.07) is 10.7. The van der Waals surface area contributed by atoms with Crippen molar-refractivity contribution >= 4 is 28.1 Å². The lowest BCUT2D eigenvalue weighted by atomic mass is 10.1. The SMILES string of the molecule is Cc1ccc2[nH]c3c(c2c1)CC(NC(=O)Cc1cccs1)C3. The van der Waals surface area contributed by atoms with Crippen molar-refractivity contribution in [3.8, 4) is 0 Å². The van der Waals surface area contributed by atoms with Crippen molar-refractivity contribution in [2.45, 2.75) is 32.2 Å². The van der Waals surface area contributed by atoms with Crippen molar-refractivity contribution in [2.24, 2.45) is 0 Å². The zero-order valence-corrected chi connectivity index (χ0v) is 13.3. The molecule has 3 aromatic rings. The number of carbonyl (C=O) groups is 1. The van der Waals surface area contributed by atoms with E-state index in [4.69, 9.17) is 0 Å². The highest BCUT2D eigenvalue weighted by Gasteiger charge is 2.26. The molecule has 0 bridgehead atoms. The highest BCUT2D eigenvalue weighted by molar-refractivity contribution is 7.10. The predicted molar refractivity (Wildman–Crippen MR) is 90.4 cm³/mol. The zero-order valence-electron chi connectivity index (χ0n) is 12.5. The standard InChI is InChI=1S/C18H18N2OS/c1-11-4-5-16-14(7-11)15-8-12(9-17(15)20-16)19-18(21)10-13-3-2-6-22-13/h2-7,12,20H,8-10H2,1H3,(H,19,21). The molecule has 2 N–H and O–H groups in total. The third-order valence-corrected chi connectivity index (χ3v) is 5.21. The Balaban J connectivity index is 1.48. The summed E-state index contributed by atoms with van der Waals surface area (Å²) in [6.45, 7) is 2.12. The second-order valence-electron chi connectivity index (χ2n) is 6.06. The van der Waals surface area contributed by atoms with Crippen LogP contribution in [-0.2, 0) is 24.1 Å². The Labute approximate surface area is 133 Å². The molecular weight excluding hydrogens is 292 g/mol. The summed E-state index contributed by atoms with van der Waals surface area (Å²) in [4.78, 5) is 16.8. The van der Waals surface area contributed by atoms with Crippen LogP contribution in [0, 0.1) is 6.92 Å². The van der Waals surface area contributed by atoms with E-state index < -0.39 is 0 Å². The number of aromatic nitrogens is 1. The first-order valence-corrected chi connectivity index (χ1v) is 8.49. The topological polar surface area (TPSA) is 44.9 Å². The quantitative estimate of drug-likeness (QED) is 0.765. The molecule has 1 aliphatic carbocycles. The molecule has 1 amide bonds. The van der Waals surface area contributed by atoms with Crippen LogP contribution in [0.15, 0.2) is 35.7 Å². The van der Waals surface area contributed by atoms with E-state index in [0.29, 0.717) is 6.42 Å². The average molecular weight is 310 g/mol. The van der Waals surface area contributed by atoms with Gasteiger partial charge in [-0.2, -0.15) is 0 Å². The molecule has 2 heterocycles. The number of benzene rings is 1. The summed E-state index contributed by atoms with van der Waals surface area (Å²) in [5.41, 5.74) is 5.14. The highest BCUT2D eigenvalue weighted by Crippen LogP contribution is 2.30. The van der Waals surface area contributed by atoms with Crippen LogP contribution in [0.3, 0.4) is 0 Å². The number of rotatable bonds is 3. The Morgan fingerprint density at radius 1 is 1.36 bits per heavy atom. The molecule has 4 rings (SSSR count). The van der Waals surface area contributed by atoms with Crippen molar-refractivity contribution in [1.82, 2.24) is 10.3 Å². The van der Waals surface area contributed by atoms with Gasteiger partial charge in [-0.3, -0.25) is 4.79 Å². The molecule has 0 saturated carbocycles. The zero-order chi connectivity index (χ0) is 15.1. The second kappa shape index (κ2) is 5.29. The molecular formula is C18H18N2OS.